The van der Waals surface area contributed by atoms with Gasteiger partial charge < -0.3 is 5.11 Å². The number of aliphatic hydroxyl groups is 1. The molecule has 0 spiro atoms. The highest BCUT2D eigenvalue weighted by atomic mass is 32.3. The van der Waals surface area contributed by atoms with Gasteiger partial charge in [-0.2, -0.15) is 8.42 Å². The molecular formula is C37H72O7S. The van der Waals surface area contributed by atoms with Crippen molar-refractivity contribution < 1.29 is 31.5 Å². The highest BCUT2D eigenvalue weighted by molar-refractivity contribution is 7.81. The Morgan fingerprint density at radius 2 is 0.800 bits per heavy atom. The monoisotopic (exact) mass is 660 g/mol. The average Bonchev–Trinajstić information content (AvgIpc) is 3.03. The Balaban J connectivity index is 4.44. The molecule has 0 bridgehead atoms. The van der Waals surface area contributed by atoms with Crippen molar-refractivity contribution in [2.24, 2.45) is 5.41 Å². The fraction of sp³-hybridized carbons (Fsp3) is 0.946. The van der Waals surface area contributed by atoms with E-state index in [1.54, 1.807) is 0 Å². The molecule has 268 valence electrons. The topological polar surface area (TPSA) is 107 Å². The smallest absolute Gasteiger partial charge is 0.394 e. The van der Waals surface area contributed by atoms with Crippen molar-refractivity contribution >= 4 is 22.0 Å². The predicted octanol–water partition coefficient (Wildman–Crippen LogP) is 10.4. The molecule has 0 amide bonds. The lowest BCUT2D eigenvalue weighted by molar-refractivity contribution is -0.142. The van der Waals surface area contributed by atoms with Crippen LogP contribution in [-0.4, -0.2) is 44.9 Å². The lowest BCUT2D eigenvalue weighted by Crippen LogP contribution is -2.41. The van der Waals surface area contributed by atoms with Crippen LogP contribution in [0.15, 0.2) is 0 Å². The van der Waals surface area contributed by atoms with E-state index in [-0.39, 0.29) is 24.4 Å². The van der Waals surface area contributed by atoms with E-state index < -0.39 is 35.6 Å². The van der Waals surface area contributed by atoms with E-state index in [4.69, 9.17) is 9.29 Å². The molecule has 0 aliphatic carbocycles. The third-order valence-corrected chi connectivity index (χ3v) is 9.92. The second-order valence-corrected chi connectivity index (χ2v) is 14.7. The number of Topliss-reactive ketones (excluding diaryl/α,β-unsaturated/α-hetero) is 2. The quantitative estimate of drug-likeness (QED) is 0.0526. The molecule has 0 radical (unpaired) electrons. The number of aliphatic hydroxyl groups excluding tert-OH is 1. The van der Waals surface area contributed by atoms with E-state index in [2.05, 4.69) is 18.0 Å². The summed E-state index contributed by atoms with van der Waals surface area (Å²) < 4.78 is 33.7. The summed E-state index contributed by atoms with van der Waals surface area (Å²) in [5.41, 5.74) is -1.52. The fourth-order valence-electron chi connectivity index (χ4n) is 5.84. The fourth-order valence-corrected chi connectivity index (χ4v) is 6.57. The molecule has 0 fully saturated rings. The summed E-state index contributed by atoms with van der Waals surface area (Å²) in [6, 6.07) is 0. The minimum Gasteiger partial charge on any atom is -0.394 e. The third kappa shape index (κ3) is 25.9. The summed E-state index contributed by atoms with van der Waals surface area (Å²) in [5, 5.41) is 8.88. The van der Waals surface area contributed by atoms with Gasteiger partial charge in [-0.25, -0.2) is 8.37 Å². The van der Waals surface area contributed by atoms with Crippen LogP contribution in [0.2, 0.25) is 0 Å². The molecule has 0 aliphatic rings. The summed E-state index contributed by atoms with van der Waals surface area (Å²) in [5.74, 6) is -0.523. The maximum absolute atomic E-state index is 13.3. The van der Waals surface area contributed by atoms with Crippen LogP contribution in [0, 0.1) is 5.41 Å². The van der Waals surface area contributed by atoms with Gasteiger partial charge in [-0.3, -0.25) is 9.59 Å². The molecule has 0 aromatic carbocycles. The Kier molecular flexibility index (Phi) is 29.9. The molecule has 0 unspecified atom stereocenters. The van der Waals surface area contributed by atoms with Gasteiger partial charge in [0.05, 0.1) is 19.8 Å². The molecule has 0 rings (SSSR count). The van der Waals surface area contributed by atoms with Crippen molar-refractivity contribution in [3.63, 3.8) is 0 Å². The van der Waals surface area contributed by atoms with Gasteiger partial charge >= 0.3 is 10.4 Å². The van der Waals surface area contributed by atoms with Gasteiger partial charge in [0.1, 0.15) is 17.0 Å². The lowest BCUT2D eigenvalue weighted by Gasteiger charge is -2.26. The van der Waals surface area contributed by atoms with Crippen molar-refractivity contribution in [1.82, 2.24) is 0 Å². The van der Waals surface area contributed by atoms with Crippen molar-refractivity contribution in [2.75, 3.05) is 19.8 Å². The molecular weight excluding hydrogens is 588 g/mol. The Bertz CT molecular complexity index is 755. The van der Waals surface area contributed by atoms with E-state index in [0.717, 1.165) is 38.5 Å². The molecule has 0 atom stereocenters. The van der Waals surface area contributed by atoms with Gasteiger partial charge in [-0.05, 0) is 19.8 Å². The maximum atomic E-state index is 13.3. The van der Waals surface area contributed by atoms with E-state index in [1.165, 1.54) is 122 Å². The SMILES string of the molecule is CCCCCCCCCCCCCCCC(=O)C(C)(COS(=O)(=O)OCCO)C(=O)CCCCCCCCCCCCCCC. The van der Waals surface area contributed by atoms with Gasteiger partial charge in [0.15, 0.2) is 0 Å². The van der Waals surface area contributed by atoms with Crippen molar-refractivity contribution in [3.8, 4) is 0 Å². The minimum atomic E-state index is -4.41. The number of unbranched alkanes of at least 4 members (excludes halogenated alkanes) is 24. The Hall–Kier alpha value is -0.830. The molecule has 0 saturated heterocycles. The first-order valence-electron chi connectivity index (χ1n) is 18.9. The number of hydrogen-bond acceptors (Lipinski definition) is 7. The molecule has 0 aromatic rings. The number of rotatable bonds is 36. The predicted molar refractivity (Wildman–Crippen MR) is 187 cm³/mol. The molecule has 0 aliphatic heterocycles. The summed E-state index contributed by atoms with van der Waals surface area (Å²) in [6.45, 7) is 4.54. The molecule has 1 N–H and O–H groups in total. The molecule has 0 saturated carbocycles. The van der Waals surface area contributed by atoms with Crippen molar-refractivity contribution in [1.29, 1.82) is 0 Å². The zero-order valence-electron chi connectivity index (χ0n) is 29.7. The van der Waals surface area contributed by atoms with Crippen LogP contribution < -0.4 is 0 Å². The summed E-state index contributed by atoms with van der Waals surface area (Å²) in [6.07, 6.45) is 31.7. The van der Waals surface area contributed by atoms with Gasteiger partial charge in [-0.1, -0.05) is 168 Å². The third-order valence-electron chi connectivity index (χ3n) is 9.06. The van der Waals surface area contributed by atoms with E-state index >= 15 is 0 Å². The second kappa shape index (κ2) is 30.5. The highest BCUT2D eigenvalue weighted by Crippen LogP contribution is 2.28. The van der Waals surface area contributed by atoms with Gasteiger partial charge in [-0.15, -0.1) is 0 Å². The number of hydrogen-bond donors (Lipinski definition) is 1. The van der Waals surface area contributed by atoms with Gasteiger partial charge in [0.2, 0.25) is 0 Å². The molecule has 7 nitrogen and oxygen atoms in total. The van der Waals surface area contributed by atoms with Crippen LogP contribution in [0.4, 0.5) is 0 Å². The molecule has 8 heteroatoms. The van der Waals surface area contributed by atoms with Crippen molar-refractivity contribution in [2.45, 2.75) is 201 Å². The van der Waals surface area contributed by atoms with E-state index in [1.807, 2.05) is 0 Å². The van der Waals surface area contributed by atoms with Gasteiger partial charge in [0, 0.05) is 12.8 Å². The van der Waals surface area contributed by atoms with Gasteiger partial charge in [0.25, 0.3) is 0 Å². The van der Waals surface area contributed by atoms with Crippen LogP contribution in [0.1, 0.15) is 201 Å². The Morgan fingerprint density at radius 1 is 0.511 bits per heavy atom. The van der Waals surface area contributed by atoms with Crippen LogP contribution in [-0.2, 0) is 28.4 Å². The lowest BCUT2D eigenvalue weighted by atomic mass is 9.78. The number of carbonyl (C=O) groups excluding carboxylic acids is 2. The Morgan fingerprint density at radius 3 is 1.09 bits per heavy atom. The Labute approximate surface area is 278 Å². The number of ketones is 2. The van der Waals surface area contributed by atoms with Crippen LogP contribution in [0.3, 0.4) is 0 Å². The first-order chi connectivity index (χ1) is 21.7. The second-order valence-electron chi connectivity index (χ2n) is 13.4. The standard InChI is InChI=1S/C37H72O7S/c1-4-6-8-10-12-14-16-18-20-22-24-26-28-30-35(39)37(3,34-44-45(41,42)43-33-32-38)36(40)31-29-27-25-23-21-19-17-15-13-11-9-7-5-2/h38H,4-34H2,1-3H3. The van der Waals surface area contributed by atoms with E-state index in [0.29, 0.717) is 12.8 Å². The summed E-state index contributed by atoms with van der Waals surface area (Å²) >= 11 is 0. The first-order valence-corrected chi connectivity index (χ1v) is 20.3. The normalized spacial score (nSPS) is 12.2. The summed E-state index contributed by atoms with van der Waals surface area (Å²) in [7, 11) is -4.41. The van der Waals surface area contributed by atoms with E-state index in [9.17, 15) is 18.0 Å². The van der Waals surface area contributed by atoms with Crippen LogP contribution >= 0.6 is 0 Å². The molecule has 0 aromatic heterocycles. The summed E-state index contributed by atoms with van der Waals surface area (Å²) in [4.78, 5) is 26.6. The molecule has 0 heterocycles. The zero-order chi connectivity index (χ0) is 33.5. The minimum absolute atomic E-state index is 0.236. The number of carbonyl (C=O) groups is 2. The van der Waals surface area contributed by atoms with Crippen LogP contribution in [0.25, 0.3) is 0 Å². The zero-order valence-corrected chi connectivity index (χ0v) is 30.5. The first kappa shape index (κ1) is 44.2. The van der Waals surface area contributed by atoms with Crippen LogP contribution in [0.5, 0.6) is 0 Å². The molecule has 45 heavy (non-hydrogen) atoms. The highest BCUT2D eigenvalue weighted by Gasteiger charge is 2.41. The largest absolute Gasteiger partial charge is 0.399 e. The van der Waals surface area contributed by atoms with Crippen molar-refractivity contribution in [3.05, 3.63) is 0 Å². The average molecular weight is 661 g/mol. The maximum Gasteiger partial charge on any atom is 0.399 e.